The van der Waals surface area contributed by atoms with Crippen LogP contribution in [0.1, 0.15) is 33.6 Å². The molecule has 0 saturated heterocycles. The molecule has 0 spiro atoms. The fourth-order valence-corrected chi connectivity index (χ4v) is 2.00. The molecule has 0 aliphatic heterocycles. The summed E-state index contributed by atoms with van der Waals surface area (Å²) in [7, 11) is 1.78. The van der Waals surface area contributed by atoms with E-state index in [1.165, 1.54) is 12.8 Å². The zero-order chi connectivity index (χ0) is 13.1. The fraction of sp³-hybridized carbons (Fsp3) is 0.750. The van der Waals surface area contributed by atoms with Crippen molar-refractivity contribution in [1.29, 1.82) is 0 Å². The van der Waals surface area contributed by atoms with Gasteiger partial charge in [-0.2, -0.15) is 15.0 Å². The van der Waals surface area contributed by atoms with E-state index in [9.17, 15) is 0 Å². The Morgan fingerprint density at radius 2 is 1.83 bits per heavy atom. The smallest absolute Gasteiger partial charge is 0.323 e. The topological polar surface area (TPSA) is 72.0 Å². The molecule has 100 valence electrons. The highest BCUT2D eigenvalue weighted by atomic mass is 16.5. The quantitative estimate of drug-likeness (QED) is 0.833. The van der Waals surface area contributed by atoms with E-state index in [4.69, 9.17) is 4.74 Å². The van der Waals surface area contributed by atoms with Crippen molar-refractivity contribution >= 4 is 11.9 Å². The summed E-state index contributed by atoms with van der Waals surface area (Å²) in [5.74, 6) is 1.90. The van der Waals surface area contributed by atoms with E-state index in [2.05, 4.69) is 32.5 Å². The highest BCUT2D eigenvalue weighted by Crippen LogP contribution is 2.28. The summed E-state index contributed by atoms with van der Waals surface area (Å²) in [5.41, 5.74) is 0. The van der Waals surface area contributed by atoms with Gasteiger partial charge in [0.05, 0.1) is 6.10 Å². The van der Waals surface area contributed by atoms with E-state index in [1.54, 1.807) is 7.05 Å². The van der Waals surface area contributed by atoms with E-state index >= 15 is 0 Å². The molecule has 1 aromatic heterocycles. The summed E-state index contributed by atoms with van der Waals surface area (Å²) in [6.45, 7) is 6.14. The minimum absolute atomic E-state index is 0.0497. The van der Waals surface area contributed by atoms with Crippen LogP contribution in [-0.2, 0) is 0 Å². The number of nitrogens with one attached hydrogen (secondary N) is 2. The molecule has 1 heterocycles. The lowest BCUT2D eigenvalue weighted by molar-refractivity contribution is 0.222. The Morgan fingerprint density at radius 3 is 2.39 bits per heavy atom. The van der Waals surface area contributed by atoms with Crippen molar-refractivity contribution in [1.82, 2.24) is 15.0 Å². The number of nitrogens with zero attached hydrogens (tertiary/aromatic N) is 3. The van der Waals surface area contributed by atoms with Crippen molar-refractivity contribution in [2.24, 2.45) is 5.92 Å². The van der Waals surface area contributed by atoms with Crippen LogP contribution in [0.3, 0.4) is 0 Å². The summed E-state index contributed by atoms with van der Waals surface area (Å²) >= 11 is 0. The van der Waals surface area contributed by atoms with Crippen LogP contribution in [0, 0.1) is 5.92 Å². The Morgan fingerprint density at radius 1 is 1.17 bits per heavy atom. The first-order valence-corrected chi connectivity index (χ1v) is 6.44. The van der Waals surface area contributed by atoms with Gasteiger partial charge in [0, 0.05) is 13.1 Å². The standard InChI is InChI=1S/C12H21N5O/c1-7(2)18-12-16-10(13-4)15-11(17-12)14-9-5-8(3)6-9/h7-9H,5-6H2,1-4H3,(H2,13,14,15,16,17). The van der Waals surface area contributed by atoms with Crippen LogP contribution in [0.4, 0.5) is 11.9 Å². The van der Waals surface area contributed by atoms with E-state index in [1.807, 2.05) is 13.8 Å². The molecule has 18 heavy (non-hydrogen) atoms. The fourth-order valence-electron chi connectivity index (χ4n) is 2.00. The van der Waals surface area contributed by atoms with Gasteiger partial charge in [0.2, 0.25) is 11.9 Å². The van der Waals surface area contributed by atoms with Crippen molar-refractivity contribution < 1.29 is 4.74 Å². The van der Waals surface area contributed by atoms with Gasteiger partial charge in [0.1, 0.15) is 0 Å². The highest BCUT2D eigenvalue weighted by Gasteiger charge is 2.26. The molecular formula is C12H21N5O. The molecule has 1 saturated carbocycles. The molecule has 2 N–H and O–H groups in total. The predicted octanol–water partition coefficient (Wildman–Crippen LogP) is 1.91. The number of anilines is 2. The largest absolute Gasteiger partial charge is 0.461 e. The van der Waals surface area contributed by atoms with Crippen LogP contribution in [0.15, 0.2) is 0 Å². The number of hydrogen-bond acceptors (Lipinski definition) is 6. The molecule has 0 unspecified atom stereocenters. The molecule has 0 radical (unpaired) electrons. The van der Waals surface area contributed by atoms with Crippen molar-refractivity contribution in [2.75, 3.05) is 17.7 Å². The SMILES string of the molecule is CNc1nc(NC2CC(C)C2)nc(OC(C)C)n1. The Kier molecular flexibility index (Phi) is 3.84. The van der Waals surface area contributed by atoms with Gasteiger partial charge >= 0.3 is 6.01 Å². The molecule has 6 nitrogen and oxygen atoms in total. The Balaban J connectivity index is 2.08. The lowest BCUT2D eigenvalue weighted by Gasteiger charge is -2.33. The molecule has 0 amide bonds. The minimum Gasteiger partial charge on any atom is -0.461 e. The third kappa shape index (κ3) is 3.21. The normalized spacial score (nSPS) is 22.5. The summed E-state index contributed by atoms with van der Waals surface area (Å²) in [5, 5.41) is 6.23. The summed E-state index contributed by atoms with van der Waals surface area (Å²) in [6, 6.07) is 0.832. The maximum atomic E-state index is 5.51. The lowest BCUT2D eigenvalue weighted by atomic mass is 9.82. The van der Waals surface area contributed by atoms with E-state index < -0.39 is 0 Å². The van der Waals surface area contributed by atoms with Crippen LogP contribution in [0.25, 0.3) is 0 Å². The number of ether oxygens (including phenoxy) is 1. The van der Waals surface area contributed by atoms with Crippen LogP contribution < -0.4 is 15.4 Å². The molecule has 1 aliphatic carbocycles. The third-order valence-corrected chi connectivity index (χ3v) is 2.89. The van der Waals surface area contributed by atoms with Gasteiger partial charge in [-0.1, -0.05) is 6.92 Å². The van der Waals surface area contributed by atoms with Gasteiger partial charge in [-0.3, -0.25) is 0 Å². The first-order chi connectivity index (χ1) is 8.56. The van der Waals surface area contributed by atoms with Crippen molar-refractivity contribution in [3.63, 3.8) is 0 Å². The zero-order valence-corrected chi connectivity index (χ0v) is 11.4. The van der Waals surface area contributed by atoms with Crippen LogP contribution >= 0.6 is 0 Å². The predicted molar refractivity (Wildman–Crippen MR) is 70.9 cm³/mol. The van der Waals surface area contributed by atoms with Gasteiger partial charge in [-0.15, -0.1) is 0 Å². The van der Waals surface area contributed by atoms with Gasteiger partial charge < -0.3 is 15.4 Å². The maximum absolute atomic E-state index is 5.51. The average molecular weight is 251 g/mol. The Labute approximate surface area is 108 Å². The number of rotatable bonds is 5. The second kappa shape index (κ2) is 5.37. The number of hydrogen-bond donors (Lipinski definition) is 2. The van der Waals surface area contributed by atoms with Crippen LogP contribution in [0.2, 0.25) is 0 Å². The molecule has 1 fully saturated rings. The molecular weight excluding hydrogens is 230 g/mol. The van der Waals surface area contributed by atoms with Gasteiger partial charge in [0.15, 0.2) is 0 Å². The molecule has 0 bridgehead atoms. The summed E-state index contributed by atoms with van der Waals surface area (Å²) < 4.78 is 5.51. The second-order valence-corrected chi connectivity index (χ2v) is 5.10. The van der Waals surface area contributed by atoms with Gasteiger partial charge in [-0.25, -0.2) is 0 Å². The highest BCUT2D eigenvalue weighted by molar-refractivity contribution is 5.36. The van der Waals surface area contributed by atoms with E-state index in [-0.39, 0.29) is 6.10 Å². The Hall–Kier alpha value is -1.59. The first-order valence-electron chi connectivity index (χ1n) is 6.44. The number of aromatic nitrogens is 3. The van der Waals surface area contributed by atoms with E-state index in [0.29, 0.717) is 23.9 Å². The second-order valence-electron chi connectivity index (χ2n) is 5.10. The zero-order valence-electron chi connectivity index (χ0n) is 11.4. The average Bonchev–Trinajstić information content (AvgIpc) is 2.25. The van der Waals surface area contributed by atoms with E-state index in [0.717, 1.165) is 5.92 Å². The molecule has 0 atom stereocenters. The monoisotopic (exact) mass is 251 g/mol. The molecule has 0 aromatic carbocycles. The minimum atomic E-state index is 0.0497. The molecule has 2 rings (SSSR count). The van der Waals surface area contributed by atoms with Crippen LogP contribution in [0.5, 0.6) is 6.01 Å². The third-order valence-electron chi connectivity index (χ3n) is 2.89. The molecule has 1 aliphatic rings. The summed E-state index contributed by atoms with van der Waals surface area (Å²) in [4.78, 5) is 12.7. The lowest BCUT2D eigenvalue weighted by Crippen LogP contribution is -2.34. The Bertz CT molecular complexity index is 403. The van der Waals surface area contributed by atoms with Crippen molar-refractivity contribution in [3.8, 4) is 6.01 Å². The van der Waals surface area contributed by atoms with Crippen molar-refractivity contribution in [3.05, 3.63) is 0 Å². The van der Waals surface area contributed by atoms with Gasteiger partial charge in [-0.05, 0) is 32.6 Å². The van der Waals surface area contributed by atoms with Gasteiger partial charge in [0.25, 0.3) is 0 Å². The first kappa shape index (κ1) is 12.9. The van der Waals surface area contributed by atoms with Crippen molar-refractivity contribution in [2.45, 2.75) is 45.8 Å². The molecule has 6 heteroatoms. The maximum Gasteiger partial charge on any atom is 0.323 e. The van der Waals surface area contributed by atoms with Crippen LogP contribution in [-0.4, -0.2) is 34.1 Å². The molecule has 1 aromatic rings. The summed E-state index contributed by atoms with van der Waals surface area (Å²) in [6.07, 6.45) is 2.38.